The van der Waals surface area contributed by atoms with Gasteiger partial charge in [0, 0.05) is 19.3 Å². The number of nitrogens with one attached hydrogen (secondary N) is 1. The summed E-state index contributed by atoms with van der Waals surface area (Å²) in [7, 11) is 0. The Hall–Kier alpha value is -0.0800. The lowest BCUT2D eigenvalue weighted by Gasteiger charge is -2.22. The molecule has 10 heavy (non-hydrogen) atoms. The quantitative estimate of drug-likeness (QED) is 0.640. The Morgan fingerprint density at radius 2 is 2.10 bits per heavy atom. The Kier molecular flexibility index (Phi) is 3.76. The van der Waals surface area contributed by atoms with Crippen LogP contribution < -0.4 is 5.32 Å². The molecule has 1 N–H and O–H groups in total. The highest BCUT2D eigenvalue weighted by Crippen LogP contribution is 2.05. The van der Waals surface area contributed by atoms with E-state index in [2.05, 4.69) is 12.2 Å². The lowest BCUT2D eigenvalue weighted by molar-refractivity contribution is 0.0781. The second kappa shape index (κ2) is 4.69. The molecular formula is C8H17NO. The van der Waals surface area contributed by atoms with Gasteiger partial charge >= 0.3 is 0 Å². The van der Waals surface area contributed by atoms with Crippen LogP contribution >= 0.6 is 0 Å². The van der Waals surface area contributed by atoms with Gasteiger partial charge < -0.3 is 10.1 Å². The molecule has 0 aromatic heterocycles. The van der Waals surface area contributed by atoms with Crippen LogP contribution in [0.4, 0.5) is 0 Å². The molecule has 0 unspecified atom stereocenters. The highest BCUT2D eigenvalue weighted by atomic mass is 16.5. The van der Waals surface area contributed by atoms with Gasteiger partial charge in [0.1, 0.15) is 0 Å². The Bertz CT molecular complexity index is 79.3. The van der Waals surface area contributed by atoms with Gasteiger partial charge in [-0.2, -0.15) is 0 Å². The molecule has 0 aliphatic carbocycles. The Morgan fingerprint density at radius 1 is 1.40 bits per heavy atom. The van der Waals surface area contributed by atoms with E-state index in [9.17, 15) is 0 Å². The van der Waals surface area contributed by atoms with Crippen LogP contribution in [0.3, 0.4) is 0 Å². The summed E-state index contributed by atoms with van der Waals surface area (Å²) < 4.78 is 5.24. The van der Waals surface area contributed by atoms with Crippen LogP contribution in [-0.2, 0) is 4.74 Å². The van der Waals surface area contributed by atoms with Gasteiger partial charge in [-0.3, -0.25) is 0 Å². The van der Waals surface area contributed by atoms with Gasteiger partial charge in [0.25, 0.3) is 0 Å². The van der Waals surface area contributed by atoms with Crippen LogP contribution in [0, 0.1) is 0 Å². The van der Waals surface area contributed by atoms with E-state index in [1.807, 2.05) is 0 Å². The number of rotatable bonds is 3. The van der Waals surface area contributed by atoms with Crippen LogP contribution in [0.15, 0.2) is 0 Å². The zero-order chi connectivity index (χ0) is 7.23. The predicted molar refractivity (Wildman–Crippen MR) is 42.1 cm³/mol. The molecule has 1 fully saturated rings. The Labute approximate surface area is 63.0 Å². The molecule has 1 aliphatic rings. The SMILES string of the molecule is CCCNC1CCOCC1. The van der Waals surface area contributed by atoms with Crippen molar-refractivity contribution in [2.75, 3.05) is 19.8 Å². The molecule has 0 atom stereocenters. The van der Waals surface area contributed by atoms with Crippen LogP contribution in [-0.4, -0.2) is 25.8 Å². The molecule has 0 saturated carbocycles. The molecule has 0 amide bonds. The van der Waals surface area contributed by atoms with Gasteiger partial charge in [0.15, 0.2) is 0 Å². The van der Waals surface area contributed by atoms with Crippen molar-refractivity contribution >= 4 is 0 Å². The van der Waals surface area contributed by atoms with Crippen molar-refractivity contribution in [3.05, 3.63) is 0 Å². The van der Waals surface area contributed by atoms with Gasteiger partial charge in [-0.05, 0) is 25.8 Å². The first-order valence-corrected chi connectivity index (χ1v) is 4.24. The summed E-state index contributed by atoms with van der Waals surface area (Å²) in [4.78, 5) is 0. The second-order valence-electron chi connectivity index (χ2n) is 2.84. The third kappa shape index (κ3) is 2.67. The summed E-state index contributed by atoms with van der Waals surface area (Å²) >= 11 is 0. The minimum atomic E-state index is 0.730. The molecule has 2 heteroatoms. The van der Waals surface area contributed by atoms with E-state index in [0.29, 0.717) is 0 Å². The lowest BCUT2D eigenvalue weighted by Crippen LogP contribution is -2.35. The standard InChI is InChI=1S/C8H17NO/c1-2-5-9-8-3-6-10-7-4-8/h8-9H,2-7H2,1H3. The van der Waals surface area contributed by atoms with Crippen molar-refractivity contribution in [1.29, 1.82) is 0 Å². The van der Waals surface area contributed by atoms with E-state index in [1.165, 1.54) is 19.3 Å². The molecule has 1 rings (SSSR count). The van der Waals surface area contributed by atoms with Gasteiger partial charge in [-0.25, -0.2) is 0 Å². The number of hydrogen-bond donors (Lipinski definition) is 1. The predicted octanol–water partition coefficient (Wildman–Crippen LogP) is 1.17. The average molecular weight is 143 g/mol. The summed E-state index contributed by atoms with van der Waals surface area (Å²) in [5, 5.41) is 3.49. The highest BCUT2D eigenvalue weighted by Gasteiger charge is 2.11. The van der Waals surface area contributed by atoms with Gasteiger partial charge in [0.2, 0.25) is 0 Å². The molecule has 0 spiro atoms. The molecular weight excluding hydrogens is 126 g/mol. The maximum atomic E-state index is 5.24. The Morgan fingerprint density at radius 3 is 2.70 bits per heavy atom. The zero-order valence-corrected chi connectivity index (χ0v) is 6.73. The van der Waals surface area contributed by atoms with Crippen molar-refractivity contribution in [3.8, 4) is 0 Å². The fourth-order valence-electron chi connectivity index (χ4n) is 1.25. The molecule has 60 valence electrons. The van der Waals surface area contributed by atoms with Crippen molar-refractivity contribution < 1.29 is 4.74 Å². The second-order valence-corrected chi connectivity index (χ2v) is 2.84. The summed E-state index contributed by atoms with van der Waals surface area (Å²) in [5.41, 5.74) is 0. The summed E-state index contributed by atoms with van der Waals surface area (Å²) in [6.45, 7) is 5.25. The van der Waals surface area contributed by atoms with Crippen LogP contribution in [0.2, 0.25) is 0 Å². The fourth-order valence-corrected chi connectivity index (χ4v) is 1.25. The largest absolute Gasteiger partial charge is 0.381 e. The third-order valence-corrected chi connectivity index (χ3v) is 1.90. The summed E-state index contributed by atoms with van der Waals surface area (Å²) in [6.07, 6.45) is 3.62. The van der Waals surface area contributed by atoms with Gasteiger partial charge in [0.05, 0.1) is 0 Å². The minimum Gasteiger partial charge on any atom is -0.381 e. The van der Waals surface area contributed by atoms with E-state index < -0.39 is 0 Å². The van der Waals surface area contributed by atoms with Crippen LogP contribution in [0.5, 0.6) is 0 Å². The summed E-state index contributed by atoms with van der Waals surface area (Å²) in [5.74, 6) is 0. The monoisotopic (exact) mass is 143 g/mol. The zero-order valence-electron chi connectivity index (χ0n) is 6.73. The highest BCUT2D eigenvalue weighted by molar-refractivity contribution is 4.68. The van der Waals surface area contributed by atoms with Crippen molar-refractivity contribution in [1.82, 2.24) is 5.32 Å². The topological polar surface area (TPSA) is 21.3 Å². The van der Waals surface area contributed by atoms with Crippen LogP contribution in [0.25, 0.3) is 0 Å². The average Bonchev–Trinajstić information content (AvgIpc) is 2.03. The normalized spacial score (nSPS) is 21.3. The molecule has 2 nitrogen and oxygen atoms in total. The molecule has 0 radical (unpaired) electrons. The van der Waals surface area contributed by atoms with E-state index in [0.717, 1.165) is 25.8 Å². The smallest absolute Gasteiger partial charge is 0.0480 e. The van der Waals surface area contributed by atoms with Crippen molar-refractivity contribution in [2.24, 2.45) is 0 Å². The van der Waals surface area contributed by atoms with E-state index in [1.54, 1.807) is 0 Å². The molecule has 0 bridgehead atoms. The van der Waals surface area contributed by atoms with Crippen molar-refractivity contribution in [3.63, 3.8) is 0 Å². The third-order valence-electron chi connectivity index (χ3n) is 1.90. The number of ether oxygens (including phenoxy) is 1. The molecule has 1 saturated heterocycles. The maximum Gasteiger partial charge on any atom is 0.0480 e. The van der Waals surface area contributed by atoms with Crippen LogP contribution in [0.1, 0.15) is 26.2 Å². The lowest BCUT2D eigenvalue weighted by atomic mass is 10.1. The molecule has 0 aromatic carbocycles. The van der Waals surface area contributed by atoms with Crippen molar-refractivity contribution in [2.45, 2.75) is 32.2 Å². The molecule has 1 aliphatic heterocycles. The summed E-state index contributed by atoms with van der Waals surface area (Å²) in [6, 6.07) is 0.730. The maximum absolute atomic E-state index is 5.24. The van der Waals surface area contributed by atoms with Gasteiger partial charge in [-0.1, -0.05) is 6.92 Å². The Balaban J connectivity index is 2.02. The molecule has 1 heterocycles. The first-order chi connectivity index (χ1) is 4.93. The first kappa shape index (κ1) is 8.02. The van der Waals surface area contributed by atoms with E-state index in [4.69, 9.17) is 4.74 Å². The fraction of sp³-hybridized carbons (Fsp3) is 1.00. The minimum absolute atomic E-state index is 0.730. The molecule has 0 aromatic rings. The van der Waals surface area contributed by atoms with E-state index >= 15 is 0 Å². The van der Waals surface area contributed by atoms with E-state index in [-0.39, 0.29) is 0 Å². The van der Waals surface area contributed by atoms with Gasteiger partial charge in [-0.15, -0.1) is 0 Å². The first-order valence-electron chi connectivity index (χ1n) is 4.24. The number of hydrogen-bond acceptors (Lipinski definition) is 2.